The molecule has 5 nitrogen and oxygen atoms in total. The third-order valence-corrected chi connectivity index (χ3v) is 3.36. The molecule has 0 radical (unpaired) electrons. The van der Waals surface area contributed by atoms with Gasteiger partial charge in [0.25, 0.3) is 0 Å². The highest BCUT2D eigenvalue weighted by atomic mass is 16.6. The van der Waals surface area contributed by atoms with Crippen molar-refractivity contribution in [3.8, 4) is 11.8 Å². The summed E-state index contributed by atoms with van der Waals surface area (Å²) in [6, 6.07) is 7.72. The van der Waals surface area contributed by atoms with Crippen LogP contribution >= 0.6 is 0 Å². The highest BCUT2D eigenvalue weighted by Gasteiger charge is 2.20. The molecule has 25 heavy (non-hydrogen) atoms. The van der Waals surface area contributed by atoms with Gasteiger partial charge in [0.15, 0.2) is 0 Å². The Morgan fingerprint density at radius 1 is 1.32 bits per heavy atom. The number of hydrogen-bond acceptors (Lipinski definition) is 4. The van der Waals surface area contributed by atoms with E-state index in [2.05, 4.69) is 11.8 Å². The van der Waals surface area contributed by atoms with Gasteiger partial charge in [-0.1, -0.05) is 37.8 Å². The predicted octanol–water partition coefficient (Wildman–Crippen LogP) is 3.61. The van der Waals surface area contributed by atoms with E-state index >= 15 is 0 Å². The van der Waals surface area contributed by atoms with Crippen LogP contribution in [0.15, 0.2) is 24.3 Å². The smallest absolute Gasteiger partial charge is 0.434 e. The summed E-state index contributed by atoms with van der Waals surface area (Å²) in [7, 11) is 0. The van der Waals surface area contributed by atoms with Crippen molar-refractivity contribution in [1.82, 2.24) is 5.06 Å². The van der Waals surface area contributed by atoms with Crippen LogP contribution in [-0.4, -0.2) is 39.7 Å². The summed E-state index contributed by atoms with van der Waals surface area (Å²) >= 11 is 0. The third-order valence-electron chi connectivity index (χ3n) is 3.36. The minimum absolute atomic E-state index is 0.0964. The number of carbonyl (C=O) groups excluding carboxylic acids is 1. The Bertz CT molecular complexity index is 623. The number of carbonyl (C=O) groups is 1. The van der Waals surface area contributed by atoms with E-state index < -0.39 is 17.8 Å². The zero-order valence-corrected chi connectivity index (χ0v) is 15.7. The van der Waals surface area contributed by atoms with Gasteiger partial charge in [-0.05, 0) is 57.2 Å². The predicted molar refractivity (Wildman–Crippen MR) is 97.2 cm³/mol. The van der Waals surface area contributed by atoms with Gasteiger partial charge in [-0.3, -0.25) is 5.21 Å². The molecule has 1 aromatic rings. The number of aliphatic hydroxyl groups is 1. The van der Waals surface area contributed by atoms with Crippen LogP contribution in [0.1, 0.15) is 52.2 Å². The maximum Gasteiger partial charge on any atom is 0.434 e. The molecule has 0 bridgehead atoms. The average Bonchev–Trinajstić information content (AvgIpc) is 2.51. The molecular weight excluding hydrogens is 318 g/mol. The molecule has 1 atom stereocenters. The van der Waals surface area contributed by atoms with Gasteiger partial charge in [-0.2, -0.15) is 5.06 Å². The number of ether oxygens (including phenoxy) is 1. The average molecular weight is 347 g/mol. The molecule has 0 aliphatic heterocycles. The molecular formula is C20H29NO4. The summed E-state index contributed by atoms with van der Waals surface area (Å²) in [6.07, 6.45) is -0.0844. The Morgan fingerprint density at radius 2 is 2.00 bits per heavy atom. The molecule has 5 heteroatoms. The van der Waals surface area contributed by atoms with Crippen molar-refractivity contribution in [2.45, 2.75) is 59.2 Å². The molecule has 0 fully saturated rings. The van der Waals surface area contributed by atoms with E-state index in [1.54, 1.807) is 20.8 Å². The van der Waals surface area contributed by atoms with Gasteiger partial charge in [0.1, 0.15) is 11.7 Å². The minimum atomic E-state index is -0.741. The van der Waals surface area contributed by atoms with Crippen LogP contribution in [0.5, 0.6) is 0 Å². The second kappa shape index (κ2) is 9.45. The first kappa shape index (κ1) is 21.0. The third kappa shape index (κ3) is 8.57. The monoisotopic (exact) mass is 347 g/mol. The Balaban J connectivity index is 2.53. The molecule has 1 aromatic carbocycles. The second-order valence-corrected chi connectivity index (χ2v) is 7.37. The van der Waals surface area contributed by atoms with Gasteiger partial charge < -0.3 is 9.84 Å². The van der Waals surface area contributed by atoms with Crippen LogP contribution in [-0.2, 0) is 11.2 Å². The van der Waals surface area contributed by atoms with Crippen LogP contribution in [0.25, 0.3) is 0 Å². The molecule has 0 aliphatic carbocycles. The van der Waals surface area contributed by atoms with E-state index in [1.807, 2.05) is 38.1 Å². The number of amides is 1. The summed E-state index contributed by atoms with van der Waals surface area (Å²) in [5.74, 6) is 5.90. The first-order valence-corrected chi connectivity index (χ1v) is 8.56. The number of aryl methyl sites for hydroxylation is 1. The molecule has 0 spiro atoms. The molecule has 138 valence electrons. The highest BCUT2D eigenvalue weighted by molar-refractivity contribution is 5.66. The molecule has 0 heterocycles. The van der Waals surface area contributed by atoms with Crippen molar-refractivity contribution in [2.24, 2.45) is 5.92 Å². The molecule has 2 N–H and O–H groups in total. The van der Waals surface area contributed by atoms with Gasteiger partial charge in [-0.15, -0.1) is 0 Å². The number of benzene rings is 1. The lowest BCUT2D eigenvalue weighted by molar-refractivity contribution is -0.0941. The van der Waals surface area contributed by atoms with Crippen LogP contribution in [0.4, 0.5) is 4.79 Å². The summed E-state index contributed by atoms with van der Waals surface area (Å²) in [5.41, 5.74) is 1.26. The summed E-state index contributed by atoms with van der Waals surface area (Å²) in [6.45, 7) is 9.28. The molecule has 1 unspecified atom stereocenters. The lowest BCUT2D eigenvalue weighted by Gasteiger charge is -2.23. The first-order valence-electron chi connectivity index (χ1n) is 8.56. The van der Waals surface area contributed by atoms with Crippen molar-refractivity contribution in [3.63, 3.8) is 0 Å². The fourth-order valence-corrected chi connectivity index (χ4v) is 1.97. The highest BCUT2D eigenvalue weighted by Crippen LogP contribution is 2.11. The summed E-state index contributed by atoms with van der Waals surface area (Å²) in [5, 5.41) is 20.1. The SMILES string of the molecule is CC(C)C(O)C#Cc1cccc(CCCN(O)C(=O)OC(C)(C)C)c1. The van der Waals surface area contributed by atoms with Gasteiger partial charge >= 0.3 is 6.09 Å². The van der Waals surface area contributed by atoms with Gasteiger partial charge in [0.2, 0.25) is 0 Å². The molecule has 0 aliphatic rings. The number of rotatable bonds is 5. The van der Waals surface area contributed by atoms with E-state index in [0.29, 0.717) is 17.9 Å². The Hall–Kier alpha value is -2.03. The zero-order valence-electron chi connectivity index (χ0n) is 15.7. The number of aliphatic hydroxyl groups excluding tert-OH is 1. The minimum Gasteiger partial charge on any atom is -0.442 e. The summed E-state index contributed by atoms with van der Waals surface area (Å²) < 4.78 is 5.09. The molecule has 0 saturated heterocycles. The lowest BCUT2D eigenvalue weighted by Crippen LogP contribution is -2.35. The van der Waals surface area contributed by atoms with Crippen molar-refractivity contribution in [1.29, 1.82) is 0 Å². The fraction of sp³-hybridized carbons (Fsp3) is 0.550. The molecule has 0 saturated carbocycles. The van der Waals surface area contributed by atoms with Crippen molar-refractivity contribution < 1.29 is 19.8 Å². The van der Waals surface area contributed by atoms with Gasteiger partial charge in [0.05, 0.1) is 6.54 Å². The van der Waals surface area contributed by atoms with Crippen LogP contribution < -0.4 is 0 Å². The van der Waals surface area contributed by atoms with E-state index in [-0.39, 0.29) is 12.5 Å². The topological polar surface area (TPSA) is 70.0 Å². The zero-order chi connectivity index (χ0) is 19.0. The molecule has 1 amide bonds. The fourth-order valence-electron chi connectivity index (χ4n) is 1.97. The van der Waals surface area contributed by atoms with Crippen molar-refractivity contribution in [2.75, 3.05) is 6.54 Å². The van der Waals surface area contributed by atoms with Crippen LogP contribution in [0.2, 0.25) is 0 Å². The van der Waals surface area contributed by atoms with Crippen LogP contribution in [0.3, 0.4) is 0 Å². The largest absolute Gasteiger partial charge is 0.442 e. The van der Waals surface area contributed by atoms with Gasteiger partial charge in [0, 0.05) is 5.56 Å². The number of nitrogens with zero attached hydrogens (tertiary/aromatic N) is 1. The van der Waals surface area contributed by atoms with Crippen LogP contribution in [0, 0.1) is 17.8 Å². The van der Waals surface area contributed by atoms with E-state index in [4.69, 9.17) is 4.74 Å². The van der Waals surface area contributed by atoms with Crippen molar-refractivity contribution >= 4 is 6.09 Å². The molecule has 0 aromatic heterocycles. The number of hydrogen-bond donors (Lipinski definition) is 2. The molecule has 1 rings (SSSR count). The maximum absolute atomic E-state index is 11.7. The first-order chi connectivity index (χ1) is 11.6. The maximum atomic E-state index is 11.7. The standard InChI is InChI=1S/C20H29NO4/c1-15(2)18(22)12-11-17-9-6-8-16(14-17)10-7-13-21(24)19(23)25-20(3,4)5/h6,8-9,14-15,18,22,24H,7,10,13H2,1-5H3. The Labute approximate surface area is 150 Å². The summed E-state index contributed by atoms with van der Waals surface area (Å²) in [4.78, 5) is 11.7. The van der Waals surface area contributed by atoms with Crippen molar-refractivity contribution in [3.05, 3.63) is 35.4 Å². The van der Waals surface area contributed by atoms with Gasteiger partial charge in [-0.25, -0.2) is 4.79 Å². The Morgan fingerprint density at radius 3 is 2.60 bits per heavy atom. The lowest BCUT2D eigenvalue weighted by atomic mass is 10.0. The van der Waals surface area contributed by atoms with E-state index in [1.165, 1.54) is 0 Å². The quantitative estimate of drug-likeness (QED) is 0.485. The normalized spacial score (nSPS) is 12.3. The van der Waals surface area contributed by atoms with E-state index in [0.717, 1.165) is 11.1 Å². The Kier molecular flexibility index (Phi) is 7.95. The second-order valence-electron chi connectivity index (χ2n) is 7.37. The number of hydroxylamine groups is 2. The van der Waals surface area contributed by atoms with E-state index in [9.17, 15) is 15.1 Å².